The summed E-state index contributed by atoms with van der Waals surface area (Å²) in [6.45, 7) is 1.66. The van der Waals surface area contributed by atoms with Gasteiger partial charge >= 0.3 is 0 Å². The summed E-state index contributed by atoms with van der Waals surface area (Å²) >= 11 is 6.12. The number of halogens is 2. The van der Waals surface area contributed by atoms with Gasteiger partial charge in [-0.2, -0.15) is 0 Å². The van der Waals surface area contributed by atoms with Gasteiger partial charge < -0.3 is 15.1 Å². The third kappa shape index (κ3) is 4.89. The fraction of sp³-hybridized carbons (Fsp3) is 0.389. The normalized spacial score (nSPS) is 15.5. The number of guanidine groups is 1. The second kappa shape index (κ2) is 8.76. The molecule has 24 heavy (non-hydrogen) atoms. The quantitative estimate of drug-likeness (QED) is 0.390. The predicted molar refractivity (Wildman–Crippen MR) is 110 cm³/mol. The van der Waals surface area contributed by atoms with Gasteiger partial charge in [0.1, 0.15) is 5.76 Å². The zero-order chi connectivity index (χ0) is 16.1. The maximum atomic E-state index is 6.12. The van der Waals surface area contributed by atoms with Crippen LogP contribution in [0.4, 0.5) is 0 Å². The Morgan fingerprint density at radius 3 is 2.71 bits per heavy atom. The van der Waals surface area contributed by atoms with E-state index in [0.717, 1.165) is 36.3 Å². The first-order valence-electron chi connectivity index (χ1n) is 7.95. The second-order valence-corrected chi connectivity index (χ2v) is 6.41. The number of hydrogen-bond acceptors (Lipinski definition) is 2. The van der Waals surface area contributed by atoms with E-state index in [9.17, 15) is 0 Å². The van der Waals surface area contributed by atoms with Gasteiger partial charge in [-0.25, -0.2) is 0 Å². The van der Waals surface area contributed by atoms with E-state index < -0.39 is 0 Å². The van der Waals surface area contributed by atoms with E-state index in [0.29, 0.717) is 0 Å². The Labute approximate surface area is 165 Å². The van der Waals surface area contributed by atoms with Crippen LogP contribution in [0.3, 0.4) is 0 Å². The predicted octanol–water partition coefficient (Wildman–Crippen LogP) is 3.99. The Bertz CT molecular complexity index is 669. The highest BCUT2D eigenvalue weighted by Crippen LogP contribution is 2.48. The molecule has 0 aliphatic heterocycles. The molecule has 1 aromatic carbocycles. The van der Waals surface area contributed by atoms with Crippen molar-refractivity contribution < 1.29 is 4.42 Å². The topological polar surface area (TPSA) is 49.6 Å². The molecule has 1 saturated carbocycles. The van der Waals surface area contributed by atoms with E-state index in [-0.39, 0.29) is 29.4 Å². The lowest BCUT2D eigenvalue weighted by atomic mass is 9.96. The monoisotopic (exact) mass is 459 g/mol. The second-order valence-electron chi connectivity index (χ2n) is 5.97. The van der Waals surface area contributed by atoms with Crippen LogP contribution in [0, 0.1) is 0 Å². The highest BCUT2D eigenvalue weighted by atomic mass is 127. The van der Waals surface area contributed by atoms with E-state index in [1.54, 1.807) is 13.3 Å². The Morgan fingerprint density at radius 1 is 1.25 bits per heavy atom. The van der Waals surface area contributed by atoms with Crippen molar-refractivity contribution in [2.45, 2.75) is 24.7 Å². The molecular formula is C18H23ClIN3O. The lowest BCUT2D eigenvalue weighted by molar-refractivity contribution is 0.506. The van der Waals surface area contributed by atoms with Crippen LogP contribution < -0.4 is 10.6 Å². The van der Waals surface area contributed by atoms with Gasteiger partial charge in [-0.3, -0.25) is 4.99 Å². The zero-order valence-electron chi connectivity index (χ0n) is 13.7. The number of nitrogens with zero attached hydrogens (tertiary/aromatic N) is 1. The van der Waals surface area contributed by atoms with Crippen molar-refractivity contribution in [2.75, 3.05) is 20.1 Å². The number of furan rings is 1. The number of nitrogens with one attached hydrogen (secondary N) is 2. The van der Waals surface area contributed by atoms with Crippen LogP contribution >= 0.6 is 35.6 Å². The summed E-state index contributed by atoms with van der Waals surface area (Å²) in [5, 5.41) is 7.56. The van der Waals surface area contributed by atoms with E-state index in [4.69, 9.17) is 16.0 Å². The molecule has 130 valence electrons. The molecule has 1 aliphatic rings. The van der Waals surface area contributed by atoms with Crippen molar-refractivity contribution in [1.29, 1.82) is 0 Å². The Morgan fingerprint density at radius 2 is 2.08 bits per heavy atom. The highest BCUT2D eigenvalue weighted by Gasteiger charge is 2.44. The SMILES string of the molecule is CN=C(NCCc1ccco1)NCC1(c2cccc(Cl)c2)CC1.I. The Hall–Kier alpha value is -1.21. The van der Waals surface area contributed by atoms with Gasteiger partial charge in [-0.1, -0.05) is 23.7 Å². The average molecular weight is 460 g/mol. The maximum absolute atomic E-state index is 6.12. The fourth-order valence-electron chi connectivity index (χ4n) is 2.77. The van der Waals surface area contributed by atoms with Gasteiger partial charge in [0.05, 0.1) is 6.26 Å². The molecule has 0 bridgehead atoms. The molecule has 0 spiro atoms. The highest BCUT2D eigenvalue weighted by molar-refractivity contribution is 14.0. The van der Waals surface area contributed by atoms with Crippen molar-refractivity contribution in [2.24, 2.45) is 4.99 Å². The largest absolute Gasteiger partial charge is 0.469 e. The molecule has 3 rings (SSSR count). The van der Waals surface area contributed by atoms with Crippen molar-refractivity contribution in [1.82, 2.24) is 10.6 Å². The molecule has 2 N–H and O–H groups in total. The average Bonchev–Trinajstić information content (AvgIpc) is 3.18. The third-order valence-corrected chi connectivity index (χ3v) is 4.59. The molecular weight excluding hydrogens is 437 g/mol. The number of aliphatic imine (C=N–C) groups is 1. The van der Waals surface area contributed by atoms with E-state index in [1.165, 1.54) is 18.4 Å². The molecule has 1 heterocycles. The van der Waals surface area contributed by atoms with Crippen LogP contribution in [-0.4, -0.2) is 26.1 Å². The lowest BCUT2D eigenvalue weighted by Crippen LogP contribution is -2.41. The first kappa shape index (κ1) is 19.1. The number of rotatable bonds is 6. The molecule has 0 saturated heterocycles. The summed E-state index contributed by atoms with van der Waals surface area (Å²) in [6.07, 6.45) is 4.91. The van der Waals surface area contributed by atoms with Crippen LogP contribution in [0.1, 0.15) is 24.2 Å². The van der Waals surface area contributed by atoms with Crippen molar-refractivity contribution >= 4 is 41.5 Å². The van der Waals surface area contributed by atoms with Crippen LogP contribution in [0.15, 0.2) is 52.1 Å². The maximum Gasteiger partial charge on any atom is 0.191 e. The molecule has 0 amide bonds. The molecule has 2 aromatic rings. The molecule has 1 aromatic heterocycles. The smallest absolute Gasteiger partial charge is 0.191 e. The summed E-state index contributed by atoms with van der Waals surface area (Å²) in [5.74, 6) is 1.80. The van der Waals surface area contributed by atoms with Crippen molar-refractivity contribution in [3.63, 3.8) is 0 Å². The van der Waals surface area contributed by atoms with Gasteiger partial charge in [0, 0.05) is 37.0 Å². The zero-order valence-corrected chi connectivity index (χ0v) is 16.8. The molecule has 6 heteroatoms. The van der Waals surface area contributed by atoms with Gasteiger partial charge in [0.25, 0.3) is 0 Å². The van der Waals surface area contributed by atoms with E-state index in [2.05, 4.69) is 27.8 Å². The number of benzene rings is 1. The van der Waals surface area contributed by atoms with Gasteiger partial charge in [-0.15, -0.1) is 24.0 Å². The number of hydrogen-bond donors (Lipinski definition) is 2. The van der Waals surface area contributed by atoms with Crippen LogP contribution in [-0.2, 0) is 11.8 Å². The first-order chi connectivity index (χ1) is 11.2. The minimum Gasteiger partial charge on any atom is -0.469 e. The Balaban J connectivity index is 0.00000208. The van der Waals surface area contributed by atoms with Crippen LogP contribution in [0.25, 0.3) is 0 Å². The van der Waals surface area contributed by atoms with Gasteiger partial charge in [0.2, 0.25) is 0 Å². The van der Waals surface area contributed by atoms with Gasteiger partial charge in [-0.05, 0) is 42.7 Å². The van der Waals surface area contributed by atoms with Crippen molar-refractivity contribution in [3.8, 4) is 0 Å². The van der Waals surface area contributed by atoms with E-state index >= 15 is 0 Å². The summed E-state index contributed by atoms with van der Waals surface area (Å²) in [7, 11) is 1.79. The molecule has 1 aliphatic carbocycles. The van der Waals surface area contributed by atoms with E-state index in [1.807, 2.05) is 24.3 Å². The fourth-order valence-corrected chi connectivity index (χ4v) is 2.96. The summed E-state index contributed by atoms with van der Waals surface area (Å²) in [4.78, 5) is 4.29. The molecule has 4 nitrogen and oxygen atoms in total. The minimum atomic E-state index is 0. The summed E-state index contributed by atoms with van der Waals surface area (Å²) < 4.78 is 5.33. The molecule has 0 radical (unpaired) electrons. The van der Waals surface area contributed by atoms with Crippen molar-refractivity contribution in [3.05, 3.63) is 59.0 Å². The molecule has 1 fully saturated rings. The summed E-state index contributed by atoms with van der Waals surface area (Å²) in [6, 6.07) is 12.1. The Kier molecular flexibility index (Phi) is 6.98. The minimum absolute atomic E-state index is 0. The molecule has 0 unspecified atom stereocenters. The molecule has 0 atom stereocenters. The summed E-state index contributed by atoms with van der Waals surface area (Å²) in [5.41, 5.74) is 1.51. The van der Waals surface area contributed by atoms with Gasteiger partial charge in [0.15, 0.2) is 5.96 Å². The first-order valence-corrected chi connectivity index (χ1v) is 8.33. The van der Waals surface area contributed by atoms with Crippen LogP contribution in [0.5, 0.6) is 0 Å². The van der Waals surface area contributed by atoms with Crippen LogP contribution in [0.2, 0.25) is 5.02 Å². The lowest BCUT2D eigenvalue weighted by Gasteiger charge is -2.19. The standard InChI is InChI=1S/C18H22ClN3O.HI/c1-20-17(21-10-7-16-6-3-11-23-16)22-13-18(8-9-18)14-4-2-5-15(19)12-14;/h2-6,11-12H,7-10,13H2,1H3,(H2,20,21,22);1H. The third-order valence-electron chi connectivity index (χ3n) is 4.35.